The fourth-order valence-electron chi connectivity index (χ4n) is 2.04. The lowest BCUT2D eigenvalue weighted by Crippen LogP contribution is -1.91. The first-order valence-corrected chi connectivity index (χ1v) is 6.46. The van der Waals surface area contributed by atoms with Gasteiger partial charge in [0, 0.05) is 19.2 Å². The van der Waals surface area contributed by atoms with Crippen molar-refractivity contribution in [1.82, 2.24) is 9.78 Å². The molecule has 2 aromatic carbocycles. The highest BCUT2D eigenvalue weighted by atomic mass is 35.5. The van der Waals surface area contributed by atoms with Crippen LogP contribution in [0, 0.1) is 10.1 Å². The SMILES string of the molecule is Cn1ncc2c(Oc3ccc([N+](=O)[O-])cc3Cl)cccc21. The zero-order valence-corrected chi connectivity index (χ0v) is 11.7. The normalized spacial score (nSPS) is 10.8. The first-order valence-electron chi connectivity index (χ1n) is 6.09. The van der Waals surface area contributed by atoms with Gasteiger partial charge in [-0.15, -0.1) is 0 Å². The Bertz CT molecular complexity index is 845. The van der Waals surface area contributed by atoms with Crippen molar-refractivity contribution in [3.05, 3.63) is 57.7 Å². The lowest BCUT2D eigenvalue weighted by molar-refractivity contribution is -0.384. The molecule has 0 fully saturated rings. The van der Waals surface area contributed by atoms with Crippen molar-refractivity contribution in [2.45, 2.75) is 0 Å². The number of hydrogen-bond donors (Lipinski definition) is 0. The van der Waals surface area contributed by atoms with Gasteiger partial charge in [-0.1, -0.05) is 17.7 Å². The smallest absolute Gasteiger partial charge is 0.271 e. The number of non-ortho nitro benzene ring substituents is 1. The van der Waals surface area contributed by atoms with Crippen molar-refractivity contribution in [2.24, 2.45) is 7.05 Å². The minimum Gasteiger partial charge on any atom is -0.455 e. The quantitative estimate of drug-likeness (QED) is 0.543. The van der Waals surface area contributed by atoms with E-state index in [1.165, 1.54) is 18.2 Å². The Kier molecular flexibility index (Phi) is 3.23. The summed E-state index contributed by atoms with van der Waals surface area (Å²) >= 11 is 6.03. The number of hydrogen-bond acceptors (Lipinski definition) is 4. The van der Waals surface area contributed by atoms with Crippen LogP contribution in [0.1, 0.15) is 0 Å². The fourth-order valence-corrected chi connectivity index (χ4v) is 2.26. The molecule has 0 aliphatic heterocycles. The van der Waals surface area contributed by atoms with E-state index in [1.54, 1.807) is 16.9 Å². The highest BCUT2D eigenvalue weighted by Gasteiger charge is 2.13. The van der Waals surface area contributed by atoms with Crippen LogP contribution in [0.15, 0.2) is 42.6 Å². The Hall–Kier alpha value is -2.60. The summed E-state index contributed by atoms with van der Waals surface area (Å²) in [4.78, 5) is 10.2. The summed E-state index contributed by atoms with van der Waals surface area (Å²) in [5, 5.41) is 15.9. The van der Waals surface area contributed by atoms with Gasteiger partial charge >= 0.3 is 0 Å². The molecule has 0 amide bonds. The van der Waals surface area contributed by atoms with Gasteiger partial charge in [-0.3, -0.25) is 14.8 Å². The highest BCUT2D eigenvalue weighted by Crippen LogP contribution is 2.35. The van der Waals surface area contributed by atoms with Crippen molar-refractivity contribution >= 4 is 28.2 Å². The number of nitro groups is 1. The predicted octanol–water partition coefficient (Wildman–Crippen LogP) is 3.93. The highest BCUT2D eigenvalue weighted by molar-refractivity contribution is 6.32. The molecule has 106 valence electrons. The second kappa shape index (κ2) is 5.06. The van der Waals surface area contributed by atoms with E-state index >= 15 is 0 Å². The molecule has 0 aliphatic rings. The zero-order chi connectivity index (χ0) is 15.0. The van der Waals surface area contributed by atoms with Crippen LogP contribution in [0.4, 0.5) is 5.69 Å². The van der Waals surface area contributed by atoms with Gasteiger partial charge in [-0.05, 0) is 18.2 Å². The van der Waals surface area contributed by atoms with E-state index in [4.69, 9.17) is 16.3 Å². The van der Waals surface area contributed by atoms with E-state index in [9.17, 15) is 10.1 Å². The molecule has 0 saturated carbocycles. The van der Waals surface area contributed by atoms with Gasteiger partial charge in [-0.2, -0.15) is 5.10 Å². The number of rotatable bonds is 3. The van der Waals surface area contributed by atoms with Gasteiger partial charge in [-0.25, -0.2) is 0 Å². The molecule has 0 bridgehead atoms. The van der Waals surface area contributed by atoms with Crippen LogP contribution in [-0.4, -0.2) is 14.7 Å². The van der Waals surface area contributed by atoms with Gasteiger partial charge in [0.05, 0.1) is 27.0 Å². The Labute approximate surface area is 124 Å². The molecule has 1 aromatic heterocycles. The van der Waals surface area contributed by atoms with Crippen LogP contribution in [0.3, 0.4) is 0 Å². The summed E-state index contributed by atoms with van der Waals surface area (Å²) < 4.78 is 7.50. The number of aromatic nitrogens is 2. The van der Waals surface area contributed by atoms with Crippen molar-refractivity contribution in [3.63, 3.8) is 0 Å². The average molecular weight is 304 g/mol. The molecule has 0 atom stereocenters. The lowest BCUT2D eigenvalue weighted by Gasteiger charge is -2.08. The van der Waals surface area contributed by atoms with Crippen LogP contribution >= 0.6 is 11.6 Å². The number of halogens is 1. The predicted molar refractivity (Wildman–Crippen MR) is 78.9 cm³/mol. The fraction of sp³-hybridized carbons (Fsp3) is 0.0714. The van der Waals surface area contributed by atoms with Gasteiger partial charge < -0.3 is 4.74 Å². The number of nitro benzene ring substituents is 1. The largest absolute Gasteiger partial charge is 0.455 e. The van der Waals surface area contributed by atoms with Crippen molar-refractivity contribution < 1.29 is 9.66 Å². The molecular weight excluding hydrogens is 294 g/mol. The Morgan fingerprint density at radius 3 is 2.81 bits per heavy atom. The Balaban J connectivity index is 2.01. The standard InChI is InChI=1S/C14H10ClN3O3/c1-17-12-3-2-4-13(10(12)8-16-17)21-14-6-5-9(18(19)20)7-11(14)15/h2-8H,1H3. The minimum atomic E-state index is -0.502. The summed E-state index contributed by atoms with van der Waals surface area (Å²) in [6.07, 6.45) is 1.70. The third-order valence-electron chi connectivity index (χ3n) is 3.10. The van der Waals surface area contributed by atoms with Crippen LogP contribution in [0.2, 0.25) is 5.02 Å². The molecule has 0 spiro atoms. The molecule has 0 N–H and O–H groups in total. The average Bonchev–Trinajstić information content (AvgIpc) is 2.84. The third kappa shape index (κ3) is 2.41. The first-order chi connectivity index (χ1) is 10.1. The minimum absolute atomic E-state index is 0.0769. The van der Waals surface area contributed by atoms with Crippen molar-refractivity contribution in [3.8, 4) is 11.5 Å². The number of fused-ring (bicyclic) bond motifs is 1. The topological polar surface area (TPSA) is 70.2 Å². The van der Waals surface area contributed by atoms with Crippen molar-refractivity contribution in [1.29, 1.82) is 0 Å². The van der Waals surface area contributed by atoms with E-state index in [2.05, 4.69) is 5.10 Å². The molecule has 0 aliphatic carbocycles. The molecular formula is C14H10ClN3O3. The number of nitrogens with zero attached hydrogens (tertiary/aromatic N) is 3. The van der Waals surface area contributed by atoms with Gasteiger partial charge in [0.2, 0.25) is 0 Å². The molecule has 0 unspecified atom stereocenters. The van der Waals surface area contributed by atoms with Crippen LogP contribution in [0.25, 0.3) is 10.9 Å². The Morgan fingerprint density at radius 1 is 1.29 bits per heavy atom. The summed E-state index contributed by atoms with van der Waals surface area (Å²) in [6, 6.07) is 9.66. The maximum absolute atomic E-state index is 10.7. The molecule has 0 saturated heterocycles. The summed E-state index contributed by atoms with van der Waals surface area (Å²) in [7, 11) is 1.84. The number of ether oxygens (including phenoxy) is 1. The van der Waals surface area contributed by atoms with Crippen LogP contribution in [-0.2, 0) is 7.05 Å². The summed E-state index contributed by atoms with van der Waals surface area (Å²) in [5.74, 6) is 0.954. The second-order valence-electron chi connectivity index (χ2n) is 4.43. The van der Waals surface area contributed by atoms with Crippen LogP contribution in [0.5, 0.6) is 11.5 Å². The van der Waals surface area contributed by atoms with Gasteiger partial charge in [0.15, 0.2) is 0 Å². The van der Waals surface area contributed by atoms with E-state index in [0.717, 1.165) is 10.9 Å². The molecule has 3 rings (SSSR count). The van der Waals surface area contributed by atoms with E-state index < -0.39 is 4.92 Å². The molecule has 3 aromatic rings. The summed E-state index contributed by atoms with van der Waals surface area (Å²) in [6.45, 7) is 0. The third-order valence-corrected chi connectivity index (χ3v) is 3.39. The lowest BCUT2D eigenvalue weighted by atomic mass is 10.2. The first kappa shape index (κ1) is 13.4. The summed E-state index contributed by atoms with van der Waals surface area (Å²) in [5.41, 5.74) is 0.845. The molecule has 21 heavy (non-hydrogen) atoms. The molecule has 1 heterocycles. The monoisotopic (exact) mass is 303 g/mol. The van der Waals surface area contributed by atoms with Crippen LogP contribution < -0.4 is 4.74 Å². The van der Waals surface area contributed by atoms with Gasteiger partial charge in [0.1, 0.15) is 11.5 Å². The number of benzene rings is 2. The van der Waals surface area contributed by atoms with Gasteiger partial charge in [0.25, 0.3) is 5.69 Å². The van der Waals surface area contributed by atoms with E-state index in [1.807, 2.05) is 19.2 Å². The maximum atomic E-state index is 10.7. The van der Waals surface area contributed by atoms with E-state index in [-0.39, 0.29) is 10.7 Å². The maximum Gasteiger partial charge on any atom is 0.271 e. The Morgan fingerprint density at radius 2 is 2.10 bits per heavy atom. The molecule has 0 radical (unpaired) electrons. The van der Waals surface area contributed by atoms with Crippen molar-refractivity contribution in [2.75, 3.05) is 0 Å². The second-order valence-corrected chi connectivity index (χ2v) is 4.84. The molecule has 7 heteroatoms. The molecule has 6 nitrogen and oxygen atoms in total. The number of aryl methyl sites for hydroxylation is 1. The zero-order valence-electron chi connectivity index (χ0n) is 11.0. The van der Waals surface area contributed by atoms with E-state index in [0.29, 0.717) is 11.5 Å².